The van der Waals surface area contributed by atoms with Gasteiger partial charge in [0.2, 0.25) is 0 Å². The second-order valence-electron chi connectivity index (χ2n) is 10.9. The number of aliphatic hydroxyl groups excluding tert-OH is 1. The maximum Gasteiger partial charge on any atom is 0.339 e. The van der Waals surface area contributed by atoms with Crippen LogP contribution in [0.5, 0.6) is 69.0 Å². The van der Waals surface area contributed by atoms with E-state index in [9.17, 15) is 90.4 Å². The van der Waals surface area contributed by atoms with E-state index in [1.165, 1.54) is 0 Å². The van der Waals surface area contributed by atoms with E-state index >= 15 is 0 Å². The Labute approximate surface area is 315 Å². The number of esters is 4. The van der Waals surface area contributed by atoms with Gasteiger partial charge in [-0.15, -0.1) is 0 Å². The molecule has 0 fully saturated rings. The van der Waals surface area contributed by atoms with E-state index < -0.39 is 177 Å². The number of phenols is 12. The molecule has 22 heteroatoms. The van der Waals surface area contributed by atoms with Crippen LogP contribution in [-0.2, 0) is 23.7 Å². The summed E-state index contributed by atoms with van der Waals surface area (Å²) in [4.78, 5) is 66.7. The Kier molecular flexibility index (Phi) is 10.2. The van der Waals surface area contributed by atoms with Crippen LogP contribution in [0.15, 0.2) is 48.4 Å². The fraction of sp³-hybridized carbons (Fsp3) is 0.147. The normalized spacial score (nSPS) is 14.0. The van der Waals surface area contributed by atoms with Crippen LogP contribution >= 0.6 is 0 Å². The maximum atomic E-state index is 13.6. The van der Waals surface area contributed by atoms with Gasteiger partial charge in [-0.25, -0.2) is 19.2 Å². The van der Waals surface area contributed by atoms with Crippen molar-refractivity contribution >= 4 is 30.2 Å². The molecular formula is C34H28O22. The van der Waals surface area contributed by atoms with Crippen LogP contribution in [0.4, 0.5) is 0 Å². The molecule has 0 spiro atoms. The number of carbonyl (C=O) groups excluding carboxylic acids is 5. The highest BCUT2D eigenvalue weighted by molar-refractivity contribution is 5.94. The van der Waals surface area contributed by atoms with Gasteiger partial charge in [0, 0.05) is 0 Å². The molecule has 0 bridgehead atoms. The summed E-state index contributed by atoms with van der Waals surface area (Å²) in [7, 11) is 0. The number of aromatic hydroxyl groups is 12. The highest BCUT2D eigenvalue weighted by atomic mass is 16.6. The fourth-order valence-corrected chi connectivity index (χ4v) is 4.46. The number of phenolic OH excluding ortho intramolecular Hbond substituents is 12. The average molecular weight is 793 g/mol. The molecule has 0 heterocycles. The number of rotatable bonds is 13. The summed E-state index contributed by atoms with van der Waals surface area (Å²) in [5.74, 6) is -23.6. The van der Waals surface area contributed by atoms with E-state index in [2.05, 4.69) is 0 Å². The van der Waals surface area contributed by atoms with Crippen molar-refractivity contribution in [2.75, 3.05) is 6.61 Å². The van der Waals surface area contributed by atoms with Gasteiger partial charge < -0.3 is 85.3 Å². The summed E-state index contributed by atoms with van der Waals surface area (Å²) in [6.45, 7) is -1.64. The zero-order valence-corrected chi connectivity index (χ0v) is 27.4. The number of hydrogen-bond acceptors (Lipinski definition) is 22. The summed E-state index contributed by atoms with van der Waals surface area (Å²) in [6.07, 6.45) is -11.6. The lowest BCUT2D eigenvalue weighted by Crippen LogP contribution is -2.53. The predicted octanol–water partition coefficient (Wildman–Crippen LogP) is 0.547. The lowest BCUT2D eigenvalue weighted by molar-refractivity contribution is -0.142. The van der Waals surface area contributed by atoms with Crippen LogP contribution in [0.25, 0.3) is 0 Å². The zero-order chi connectivity index (χ0) is 45.2. The minimum Gasteiger partial charge on any atom is -0.504 e. The summed E-state index contributed by atoms with van der Waals surface area (Å²) in [5, 5.41) is 130. The van der Waals surface area contributed by atoms with Crippen LogP contribution < -0.4 is 0 Å². The van der Waals surface area contributed by atoms with Crippen LogP contribution in [0.1, 0.15) is 46.9 Å². The van der Waals surface area contributed by atoms with Crippen LogP contribution in [0, 0.1) is 0 Å². The minimum absolute atomic E-state index is 0.311. The lowest BCUT2D eigenvalue weighted by Gasteiger charge is -2.34. The molecule has 4 aromatic carbocycles. The monoisotopic (exact) mass is 792 g/mol. The Hall–Kier alpha value is -8.01. The molecular weight excluding hydrogens is 760 g/mol. The average Bonchev–Trinajstić information content (AvgIpc) is 3.21. The summed E-state index contributed by atoms with van der Waals surface area (Å²) < 4.78 is 52.6. The van der Waals surface area contributed by atoms with Crippen LogP contribution in [-0.4, -0.2) is 128 Å². The predicted molar refractivity (Wildman–Crippen MR) is 176 cm³/mol. The summed E-state index contributed by atoms with van der Waals surface area (Å²) >= 11 is 0. The number of aliphatic hydroxyl groups is 1. The van der Waals surface area contributed by atoms with Crippen molar-refractivity contribution in [3.63, 3.8) is 0 Å². The zero-order valence-electron chi connectivity index (χ0n) is 31.4. The fourth-order valence-electron chi connectivity index (χ4n) is 4.46. The lowest BCUT2D eigenvalue weighted by atomic mass is 10.0. The third-order valence-electron chi connectivity index (χ3n) is 7.20. The first-order valence-corrected chi connectivity index (χ1v) is 14.9. The molecule has 296 valence electrons. The van der Waals surface area contributed by atoms with Crippen molar-refractivity contribution in [2.24, 2.45) is 0 Å². The minimum atomic E-state index is -2.90. The SMILES string of the molecule is [2H]c1c(C(=O)O[C@@H]([C@H](OC(=O)c2cc(O)c(O)c(O)c2[2H])[C@@H](CO)OC(=O)c2cc(O)c(O)c(O)c2[2H])[C@H](C=O)OC(=O)c2cc(O)c(O)c(O)c2[2H])cc(O)c(O)c1O. The number of benzene rings is 4. The molecule has 4 atom stereocenters. The molecule has 22 nitrogen and oxygen atoms in total. The third-order valence-corrected chi connectivity index (χ3v) is 7.20. The van der Waals surface area contributed by atoms with E-state index in [-0.39, 0.29) is 0 Å². The van der Waals surface area contributed by atoms with Gasteiger partial charge in [0.15, 0.2) is 99.7 Å². The molecule has 0 amide bonds. The summed E-state index contributed by atoms with van der Waals surface area (Å²) in [5.41, 5.74) is -4.62. The van der Waals surface area contributed by atoms with Gasteiger partial charge in [0.25, 0.3) is 0 Å². The Bertz CT molecular complexity index is 2440. The van der Waals surface area contributed by atoms with E-state index in [1.54, 1.807) is 0 Å². The largest absolute Gasteiger partial charge is 0.504 e. The first-order valence-electron chi connectivity index (χ1n) is 16.9. The van der Waals surface area contributed by atoms with Gasteiger partial charge in [-0.1, -0.05) is 0 Å². The van der Waals surface area contributed by atoms with Crippen LogP contribution in [0.3, 0.4) is 0 Å². The number of ether oxygens (including phenoxy) is 4. The third kappa shape index (κ3) is 8.61. The second-order valence-corrected chi connectivity index (χ2v) is 10.9. The molecule has 0 aliphatic carbocycles. The van der Waals surface area contributed by atoms with E-state index in [0.717, 1.165) is 0 Å². The molecule has 0 radical (unpaired) electrons. The molecule has 4 aromatic rings. The molecule has 0 saturated heterocycles. The first kappa shape index (κ1) is 35.0. The van der Waals surface area contributed by atoms with Crippen LogP contribution in [0.2, 0.25) is 0 Å². The van der Waals surface area contributed by atoms with E-state index in [0.29, 0.717) is 24.3 Å². The number of aldehydes is 1. The van der Waals surface area contributed by atoms with Gasteiger partial charge in [0.05, 0.1) is 34.3 Å². The molecule has 13 N–H and O–H groups in total. The van der Waals surface area contributed by atoms with Crippen molar-refractivity contribution in [1.29, 1.82) is 0 Å². The highest BCUT2D eigenvalue weighted by Gasteiger charge is 2.45. The summed E-state index contributed by atoms with van der Waals surface area (Å²) in [6, 6.07) is -3.76. The van der Waals surface area contributed by atoms with Gasteiger partial charge in [-0.2, -0.15) is 0 Å². The van der Waals surface area contributed by atoms with Gasteiger partial charge in [-0.05, 0) is 48.4 Å². The maximum absolute atomic E-state index is 13.6. The molecule has 0 unspecified atom stereocenters. The van der Waals surface area contributed by atoms with Gasteiger partial charge in [-0.3, -0.25) is 4.79 Å². The molecule has 56 heavy (non-hydrogen) atoms. The topological polar surface area (TPSA) is 385 Å². The standard InChI is InChI=1S/C34H28O22/c35-9-23(53-31(49)11-1-15(37)25(45)16(38)2-11)29(55-33(51)13-5-19(41)27(47)20(42)6-13)30(56-34(52)14-7-21(43)28(48)22(44)8-14)24(10-36)54-32(50)12-3-17(39)26(46)18(40)4-12/h1-9,23-24,29-30,36-48H,10H2/t23-,24+,29+,30+/m0/s1/i1D,3D,5D,7D. The van der Waals surface area contributed by atoms with Crippen molar-refractivity contribution in [1.82, 2.24) is 0 Å². The quantitative estimate of drug-likeness (QED) is 0.0380. The smallest absolute Gasteiger partial charge is 0.339 e. The number of hydrogen-bond donors (Lipinski definition) is 13. The molecule has 0 aromatic heterocycles. The van der Waals surface area contributed by atoms with Crippen molar-refractivity contribution in [3.8, 4) is 69.0 Å². The van der Waals surface area contributed by atoms with Crippen molar-refractivity contribution in [2.45, 2.75) is 24.4 Å². The Morgan fingerprint density at radius 1 is 0.482 bits per heavy atom. The molecule has 0 saturated carbocycles. The molecule has 0 aliphatic rings. The Morgan fingerprint density at radius 3 is 1.07 bits per heavy atom. The van der Waals surface area contributed by atoms with Gasteiger partial charge >= 0.3 is 23.9 Å². The Balaban J connectivity index is 1.97. The first-order chi connectivity index (χ1) is 28.0. The molecule has 4 rings (SSSR count). The van der Waals surface area contributed by atoms with Crippen molar-refractivity contribution < 1.29 is 115 Å². The molecule has 0 aliphatic heterocycles. The second kappa shape index (κ2) is 16.3. The van der Waals surface area contributed by atoms with E-state index in [4.69, 9.17) is 24.4 Å². The highest BCUT2D eigenvalue weighted by Crippen LogP contribution is 2.39. The Morgan fingerprint density at radius 2 is 0.768 bits per heavy atom. The van der Waals surface area contributed by atoms with Gasteiger partial charge in [0.1, 0.15) is 0 Å². The number of carbonyl (C=O) groups is 5. The van der Waals surface area contributed by atoms with E-state index in [1.807, 2.05) is 0 Å². The van der Waals surface area contributed by atoms with Crippen molar-refractivity contribution in [3.05, 3.63) is 70.7 Å².